The molecule has 5 fully saturated rings. The number of H-pyrrole nitrogens is 1. The zero-order valence-corrected chi connectivity index (χ0v) is 40.8. The van der Waals surface area contributed by atoms with Gasteiger partial charge < -0.3 is 29.2 Å². The highest BCUT2D eigenvalue weighted by Crippen LogP contribution is 2.40. The van der Waals surface area contributed by atoms with E-state index in [1.807, 2.05) is 36.4 Å². The van der Waals surface area contributed by atoms with E-state index in [2.05, 4.69) is 9.88 Å². The molecule has 19 heteroatoms. The third-order valence-electron chi connectivity index (χ3n) is 13.4. The van der Waals surface area contributed by atoms with Crippen LogP contribution in [0.2, 0.25) is 10.0 Å². The largest absolute Gasteiger partial charge is 0.870 e. The molecule has 4 saturated heterocycles. The average Bonchev–Trinajstić information content (AvgIpc) is 4.05. The van der Waals surface area contributed by atoms with E-state index in [-0.39, 0.29) is 93.6 Å². The first-order valence-electron chi connectivity index (χ1n) is 23.5. The van der Waals surface area contributed by atoms with Gasteiger partial charge in [-0.15, -0.1) is 0 Å². The van der Waals surface area contributed by atoms with Gasteiger partial charge in [0.1, 0.15) is 34.0 Å². The average molecular weight is 1040 g/mol. The number of carbonyl (C=O) groups is 3. The van der Waals surface area contributed by atoms with Gasteiger partial charge in [-0.3, -0.25) is 14.5 Å². The van der Waals surface area contributed by atoms with Crippen LogP contribution in [0.1, 0.15) is 89.6 Å². The zero-order chi connectivity index (χ0) is 48.9. The zero-order valence-electron chi connectivity index (χ0n) is 38.5. The molecule has 10 rings (SSSR count). The lowest BCUT2D eigenvalue weighted by Crippen LogP contribution is -2.52. The lowest BCUT2D eigenvalue weighted by molar-refractivity contribution is -0.377. The highest BCUT2D eigenvalue weighted by atomic mass is 35.5. The first-order valence-corrected chi connectivity index (χ1v) is 25.7. The summed E-state index contributed by atoms with van der Waals surface area (Å²) in [6, 6.07) is 24.8. The van der Waals surface area contributed by atoms with Crippen LogP contribution in [0.3, 0.4) is 0 Å². The molecule has 0 amide bonds. The fraction of sp³-hybridized carbons (Fsp3) is 0.385. The van der Waals surface area contributed by atoms with E-state index >= 15 is 0 Å². The lowest BCUT2D eigenvalue weighted by atomic mass is 9.85. The molecule has 14 nitrogen and oxygen atoms in total. The Kier molecular flexibility index (Phi) is 16.6. The van der Waals surface area contributed by atoms with E-state index in [4.69, 9.17) is 46.9 Å². The van der Waals surface area contributed by atoms with Gasteiger partial charge in [-0.05, 0) is 123 Å². The second kappa shape index (κ2) is 22.8. The van der Waals surface area contributed by atoms with Crippen LogP contribution in [0, 0.1) is 11.8 Å². The van der Waals surface area contributed by atoms with E-state index < -0.39 is 46.6 Å². The monoisotopic (exact) mass is 1040 g/mol. The summed E-state index contributed by atoms with van der Waals surface area (Å²) in [6.45, 7) is -0.0732. The van der Waals surface area contributed by atoms with Crippen molar-refractivity contribution in [2.24, 2.45) is 11.8 Å². The number of esters is 3. The molecule has 1 aromatic heterocycles. The Hall–Kier alpha value is -5.69. The number of fused-ring (bicyclic) bond motifs is 3. The minimum atomic E-state index is -4.42. The summed E-state index contributed by atoms with van der Waals surface area (Å²) >= 11 is 13.1. The SMILES string of the molecule is O=C(C[C@@H](c1ccccc1)c1cccc(OC(=O)c2cccc(S(=O)(=O)N3CCC[C@H]3C(=O)O[C@@H](Cc3c(Cl)c[nH+]cc3Cl)c3ccc(OC(F)F)c(OCC4CC4)c3)c2)c1)O[C@H]1CN2CCC1CC2.[OH-]. The predicted octanol–water partition coefficient (Wildman–Crippen LogP) is 9.08. The summed E-state index contributed by atoms with van der Waals surface area (Å²) in [6.07, 6.45) is 6.09. The molecule has 2 bridgehead atoms. The van der Waals surface area contributed by atoms with Gasteiger partial charge in [0.2, 0.25) is 10.0 Å². The van der Waals surface area contributed by atoms with Gasteiger partial charge in [-0.25, -0.2) is 18.2 Å². The maximum Gasteiger partial charge on any atom is 0.387 e. The standard InChI is InChI=1S/C52H51Cl2F2N3O10S.H2O/c53-42-28-57-29-43(54)41(42)26-46(36-16-17-45(69-52(55)56)47(25-36)65-31-32-14-15-32)68-51(62)44-13-6-20-59(44)70(63,64)39-12-5-10-37(24-39)50(61)66-38-11-4-9-35(23-38)40(33-7-2-1-3-8-33)27-49(60)67-48-30-58-21-18-34(48)19-22-58;/h1-5,7-12,16-17,23-25,28-29,32,34,40,44,46,48,52H,6,13-15,18-22,26-27,30-31H2;1H2/t40-,44-,46-,48-;/m0./s1. The van der Waals surface area contributed by atoms with Crippen LogP contribution in [-0.2, 0) is 35.5 Å². The third kappa shape index (κ3) is 12.5. The van der Waals surface area contributed by atoms with Crippen molar-refractivity contribution in [3.63, 3.8) is 0 Å². The van der Waals surface area contributed by atoms with Crippen molar-refractivity contribution in [1.29, 1.82) is 0 Å². The van der Waals surface area contributed by atoms with Crippen LogP contribution in [0.15, 0.2) is 114 Å². The summed E-state index contributed by atoms with van der Waals surface area (Å²) in [7, 11) is -4.42. The number of pyridine rings is 1. The van der Waals surface area contributed by atoms with E-state index in [1.165, 1.54) is 54.9 Å². The molecule has 1 aliphatic carbocycles. The summed E-state index contributed by atoms with van der Waals surface area (Å²) in [4.78, 5) is 46.4. The first kappa shape index (κ1) is 51.7. The van der Waals surface area contributed by atoms with Gasteiger partial charge in [0, 0.05) is 31.0 Å². The minimum absolute atomic E-state index is 0. The molecule has 5 aliphatic rings. The van der Waals surface area contributed by atoms with Crippen LogP contribution >= 0.6 is 23.2 Å². The molecule has 1 saturated carbocycles. The van der Waals surface area contributed by atoms with Crippen LogP contribution in [-0.4, -0.2) is 92.6 Å². The molecule has 2 N–H and O–H groups in total. The van der Waals surface area contributed by atoms with Gasteiger partial charge in [0.05, 0.1) is 23.5 Å². The summed E-state index contributed by atoms with van der Waals surface area (Å²) < 4.78 is 85.4. The maximum atomic E-state index is 14.4. The molecular weight excluding hydrogens is 984 g/mol. The number of hydrogen-bond acceptors (Lipinski definition) is 12. The fourth-order valence-corrected chi connectivity index (χ4v) is 11.7. The van der Waals surface area contributed by atoms with Crippen LogP contribution in [0.5, 0.6) is 17.2 Å². The number of nitrogens with zero attached hydrogens (tertiary/aromatic N) is 2. The molecule has 376 valence electrons. The predicted molar refractivity (Wildman–Crippen MR) is 255 cm³/mol. The smallest absolute Gasteiger partial charge is 0.387 e. The van der Waals surface area contributed by atoms with Crippen LogP contribution < -0.4 is 19.2 Å². The molecule has 4 aromatic carbocycles. The van der Waals surface area contributed by atoms with E-state index in [9.17, 15) is 31.6 Å². The molecule has 71 heavy (non-hydrogen) atoms. The number of sulfonamides is 1. The first-order chi connectivity index (χ1) is 33.8. The van der Waals surface area contributed by atoms with Crippen molar-refractivity contribution in [2.45, 2.75) is 87.0 Å². The van der Waals surface area contributed by atoms with Gasteiger partial charge in [0.25, 0.3) is 0 Å². The highest BCUT2D eigenvalue weighted by Gasteiger charge is 2.42. The number of carbonyl (C=O) groups excluding carboxylic acids is 3. The summed E-state index contributed by atoms with van der Waals surface area (Å²) in [5.74, 6) is -1.76. The Bertz CT molecular complexity index is 2800. The highest BCUT2D eigenvalue weighted by molar-refractivity contribution is 7.89. The molecule has 5 heterocycles. The Balaban J connectivity index is 0.00000676. The fourth-order valence-electron chi connectivity index (χ4n) is 9.51. The summed E-state index contributed by atoms with van der Waals surface area (Å²) in [5, 5.41) is 0.473. The quantitative estimate of drug-likeness (QED) is 0.0566. The maximum absolute atomic E-state index is 14.4. The van der Waals surface area contributed by atoms with E-state index in [1.54, 1.807) is 18.2 Å². The van der Waals surface area contributed by atoms with E-state index in [0.29, 0.717) is 23.5 Å². The molecule has 4 aliphatic heterocycles. The molecule has 5 aromatic rings. The normalized spacial score (nSPS) is 20.6. The second-order valence-corrected chi connectivity index (χ2v) is 20.9. The summed E-state index contributed by atoms with van der Waals surface area (Å²) in [5.41, 5.74) is 2.30. The number of alkyl halides is 2. The Morgan fingerprint density at radius 2 is 1.52 bits per heavy atom. The number of aromatic nitrogens is 1. The van der Waals surface area contributed by atoms with Crippen molar-refractivity contribution in [2.75, 3.05) is 32.8 Å². The van der Waals surface area contributed by atoms with Crippen LogP contribution in [0.25, 0.3) is 0 Å². The molecule has 0 spiro atoms. The number of aromatic amines is 1. The third-order valence-corrected chi connectivity index (χ3v) is 16.0. The lowest BCUT2D eigenvalue weighted by Gasteiger charge is -2.44. The van der Waals surface area contributed by atoms with Gasteiger partial charge in [-0.2, -0.15) is 13.1 Å². The Morgan fingerprint density at radius 1 is 0.789 bits per heavy atom. The van der Waals surface area contributed by atoms with Crippen molar-refractivity contribution >= 4 is 51.1 Å². The number of rotatable bonds is 19. The van der Waals surface area contributed by atoms with E-state index in [0.717, 1.165) is 60.7 Å². The topological polar surface area (TPSA) is 182 Å². The number of piperidine rings is 3. The van der Waals surface area contributed by atoms with Crippen molar-refractivity contribution in [1.82, 2.24) is 9.21 Å². The number of benzene rings is 4. The number of ether oxygens (including phenoxy) is 5. The Labute approximate surface area is 420 Å². The Morgan fingerprint density at radius 3 is 2.23 bits per heavy atom. The van der Waals surface area contributed by atoms with Gasteiger partial charge >= 0.3 is 24.5 Å². The van der Waals surface area contributed by atoms with Crippen LogP contribution in [0.4, 0.5) is 8.78 Å². The van der Waals surface area contributed by atoms with Gasteiger partial charge in [-0.1, -0.05) is 77.8 Å². The number of hydrogen-bond donors (Lipinski definition) is 0. The molecule has 0 radical (unpaired) electrons. The van der Waals surface area contributed by atoms with Crippen molar-refractivity contribution in [3.8, 4) is 17.2 Å². The number of nitrogens with one attached hydrogen (secondary N) is 1. The minimum Gasteiger partial charge on any atom is -0.870 e. The second-order valence-electron chi connectivity index (χ2n) is 18.2. The molecule has 0 unspecified atom stereocenters. The van der Waals surface area contributed by atoms with Gasteiger partial charge in [0.15, 0.2) is 23.9 Å². The molecule has 4 atom stereocenters. The van der Waals surface area contributed by atoms with Crippen molar-refractivity contribution < 1.29 is 65.7 Å². The molecular formula is C52H53Cl2F2N3O11S. The number of halogens is 4. The van der Waals surface area contributed by atoms with Crippen molar-refractivity contribution in [3.05, 3.63) is 147 Å².